The molecule has 1 radical (unpaired) electrons. The van der Waals surface area contributed by atoms with Crippen LogP contribution in [0.5, 0.6) is 0 Å². The van der Waals surface area contributed by atoms with E-state index in [1.165, 1.54) is 0 Å². The Morgan fingerprint density at radius 3 is 2.44 bits per heavy atom. The van der Waals surface area contributed by atoms with Crippen LogP contribution in [0.15, 0.2) is 0 Å². The topological polar surface area (TPSA) is 41.1 Å². The number of urea groups is 1. The van der Waals surface area contributed by atoms with E-state index in [2.05, 4.69) is 10.6 Å². The van der Waals surface area contributed by atoms with Crippen molar-refractivity contribution in [2.75, 3.05) is 0 Å². The molecule has 53 valence electrons. The van der Waals surface area contributed by atoms with E-state index in [1.807, 2.05) is 13.8 Å². The van der Waals surface area contributed by atoms with Gasteiger partial charge in [-0.25, -0.2) is 4.79 Å². The molecule has 0 unspecified atom stereocenters. The molecule has 0 heterocycles. The molecular weight excluding hydrogens is 116 g/mol. The zero-order chi connectivity index (χ0) is 7.28. The molecule has 0 aromatic carbocycles. The first kappa shape index (κ1) is 8.27. The van der Waals surface area contributed by atoms with Crippen LogP contribution in [-0.4, -0.2) is 12.1 Å². The van der Waals surface area contributed by atoms with Crippen molar-refractivity contribution in [3.05, 3.63) is 6.54 Å². The molecular formula is C6H13N2O. The van der Waals surface area contributed by atoms with Crippen LogP contribution >= 0.6 is 0 Å². The highest BCUT2D eigenvalue weighted by molar-refractivity contribution is 5.74. The van der Waals surface area contributed by atoms with Gasteiger partial charge in [-0.1, -0.05) is 0 Å². The molecule has 0 saturated carbocycles. The van der Waals surface area contributed by atoms with Crippen molar-refractivity contribution in [3.8, 4) is 0 Å². The second-order valence-corrected chi connectivity index (χ2v) is 2.06. The van der Waals surface area contributed by atoms with Crippen LogP contribution in [0, 0.1) is 6.54 Å². The van der Waals surface area contributed by atoms with Crippen molar-refractivity contribution >= 4 is 6.03 Å². The summed E-state index contributed by atoms with van der Waals surface area (Å²) in [4.78, 5) is 10.6. The summed E-state index contributed by atoms with van der Waals surface area (Å²) < 4.78 is 0. The van der Waals surface area contributed by atoms with Crippen molar-refractivity contribution in [1.29, 1.82) is 0 Å². The number of rotatable bonds is 2. The maximum absolute atomic E-state index is 10.6. The fourth-order valence-electron chi connectivity index (χ4n) is 0.435. The molecule has 0 aliphatic rings. The lowest BCUT2D eigenvalue weighted by Gasteiger charge is -2.07. The Kier molecular flexibility index (Phi) is 3.84. The summed E-state index contributed by atoms with van der Waals surface area (Å²) in [6.07, 6.45) is 0. The van der Waals surface area contributed by atoms with E-state index in [1.54, 1.807) is 13.5 Å². The normalized spacial score (nSPS) is 9.33. The van der Waals surface area contributed by atoms with Crippen LogP contribution < -0.4 is 10.6 Å². The second-order valence-electron chi connectivity index (χ2n) is 2.06. The van der Waals surface area contributed by atoms with Crippen LogP contribution in [0.1, 0.15) is 20.8 Å². The van der Waals surface area contributed by atoms with E-state index in [-0.39, 0.29) is 12.1 Å². The van der Waals surface area contributed by atoms with E-state index in [0.29, 0.717) is 0 Å². The summed E-state index contributed by atoms with van der Waals surface area (Å²) in [5.41, 5.74) is 0. The first-order valence-corrected chi connectivity index (χ1v) is 3.01. The summed E-state index contributed by atoms with van der Waals surface area (Å²) >= 11 is 0. The standard InChI is InChI=1S/C6H13N2O/c1-4-7-6(9)8-5(2)3/h4-5H,1-3H3,(H2,7,8,9). The molecule has 0 aromatic heterocycles. The van der Waals surface area contributed by atoms with Gasteiger partial charge in [-0.15, -0.1) is 0 Å². The highest BCUT2D eigenvalue weighted by atomic mass is 16.2. The van der Waals surface area contributed by atoms with E-state index in [0.717, 1.165) is 0 Å². The summed E-state index contributed by atoms with van der Waals surface area (Å²) in [5, 5.41) is 5.16. The van der Waals surface area contributed by atoms with Crippen LogP contribution in [0.3, 0.4) is 0 Å². The van der Waals surface area contributed by atoms with Gasteiger partial charge in [0.15, 0.2) is 0 Å². The molecule has 2 N–H and O–H groups in total. The number of carbonyl (C=O) groups is 1. The van der Waals surface area contributed by atoms with Gasteiger partial charge in [0, 0.05) is 12.6 Å². The Balaban J connectivity index is 3.27. The molecule has 0 atom stereocenters. The van der Waals surface area contributed by atoms with Crippen molar-refractivity contribution in [1.82, 2.24) is 10.6 Å². The summed E-state index contributed by atoms with van der Waals surface area (Å²) in [6, 6.07) is 0.0532. The summed E-state index contributed by atoms with van der Waals surface area (Å²) in [5.74, 6) is 0. The number of nitrogens with one attached hydrogen (secondary N) is 2. The molecule has 0 aromatic rings. The Bertz CT molecular complexity index is 91.1. The third kappa shape index (κ3) is 5.14. The van der Waals surface area contributed by atoms with Gasteiger partial charge < -0.3 is 10.6 Å². The van der Waals surface area contributed by atoms with E-state index >= 15 is 0 Å². The van der Waals surface area contributed by atoms with E-state index in [9.17, 15) is 4.79 Å². The van der Waals surface area contributed by atoms with Gasteiger partial charge in [0.25, 0.3) is 0 Å². The van der Waals surface area contributed by atoms with Crippen LogP contribution in [0.2, 0.25) is 0 Å². The molecule has 3 nitrogen and oxygen atoms in total. The number of carbonyl (C=O) groups excluding carboxylic acids is 1. The summed E-state index contributed by atoms with van der Waals surface area (Å²) in [6.45, 7) is 7.18. The fraction of sp³-hybridized carbons (Fsp3) is 0.667. The van der Waals surface area contributed by atoms with Gasteiger partial charge in [-0.05, 0) is 20.8 Å². The zero-order valence-corrected chi connectivity index (χ0v) is 6.06. The van der Waals surface area contributed by atoms with Gasteiger partial charge in [-0.3, -0.25) is 0 Å². The second kappa shape index (κ2) is 4.18. The maximum Gasteiger partial charge on any atom is 0.315 e. The monoisotopic (exact) mass is 129 g/mol. The smallest absolute Gasteiger partial charge is 0.315 e. The number of amides is 2. The molecule has 0 aliphatic heterocycles. The third-order valence-corrected chi connectivity index (χ3v) is 0.695. The summed E-state index contributed by atoms with van der Waals surface area (Å²) in [7, 11) is 0. The minimum atomic E-state index is -0.146. The van der Waals surface area contributed by atoms with Gasteiger partial charge in [-0.2, -0.15) is 0 Å². The molecule has 0 bridgehead atoms. The molecule has 0 saturated heterocycles. The molecule has 3 heteroatoms. The highest BCUT2D eigenvalue weighted by Gasteiger charge is 1.97. The molecule has 2 amide bonds. The Hall–Kier alpha value is -0.730. The van der Waals surface area contributed by atoms with Crippen molar-refractivity contribution < 1.29 is 4.79 Å². The van der Waals surface area contributed by atoms with Crippen LogP contribution in [-0.2, 0) is 0 Å². The van der Waals surface area contributed by atoms with Crippen molar-refractivity contribution in [2.24, 2.45) is 0 Å². The minimum Gasteiger partial charge on any atom is -0.336 e. The van der Waals surface area contributed by atoms with Gasteiger partial charge >= 0.3 is 6.03 Å². The molecule has 0 fully saturated rings. The lowest BCUT2D eigenvalue weighted by Crippen LogP contribution is -2.37. The largest absolute Gasteiger partial charge is 0.336 e. The third-order valence-electron chi connectivity index (χ3n) is 0.695. The van der Waals surface area contributed by atoms with Crippen molar-refractivity contribution in [3.63, 3.8) is 0 Å². The van der Waals surface area contributed by atoms with Crippen LogP contribution in [0.25, 0.3) is 0 Å². The fourth-order valence-corrected chi connectivity index (χ4v) is 0.435. The molecule has 0 spiro atoms. The first-order chi connectivity index (χ1) is 4.16. The lowest BCUT2D eigenvalue weighted by molar-refractivity contribution is 0.241. The number of hydrogen-bond acceptors (Lipinski definition) is 1. The number of hydrogen-bond donors (Lipinski definition) is 2. The van der Waals surface area contributed by atoms with E-state index in [4.69, 9.17) is 0 Å². The lowest BCUT2D eigenvalue weighted by atomic mass is 10.4. The Morgan fingerprint density at radius 1 is 1.56 bits per heavy atom. The SMILES string of the molecule is C[CH]NC(=O)NC(C)C. The van der Waals surface area contributed by atoms with Gasteiger partial charge in [0.1, 0.15) is 0 Å². The molecule has 0 aliphatic carbocycles. The maximum atomic E-state index is 10.6. The van der Waals surface area contributed by atoms with Crippen molar-refractivity contribution in [2.45, 2.75) is 26.8 Å². The Labute approximate surface area is 55.8 Å². The average molecular weight is 129 g/mol. The van der Waals surface area contributed by atoms with Crippen LogP contribution in [0.4, 0.5) is 4.79 Å². The zero-order valence-electron chi connectivity index (χ0n) is 6.06. The Morgan fingerprint density at radius 2 is 2.11 bits per heavy atom. The van der Waals surface area contributed by atoms with Gasteiger partial charge in [0.2, 0.25) is 0 Å². The predicted molar refractivity (Wildman–Crippen MR) is 36.8 cm³/mol. The average Bonchev–Trinajstić information content (AvgIpc) is 1.63. The molecule has 0 rings (SSSR count). The molecule has 9 heavy (non-hydrogen) atoms. The van der Waals surface area contributed by atoms with E-state index < -0.39 is 0 Å². The first-order valence-electron chi connectivity index (χ1n) is 3.01. The highest BCUT2D eigenvalue weighted by Crippen LogP contribution is 1.75. The quantitative estimate of drug-likeness (QED) is 0.570. The van der Waals surface area contributed by atoms with Gasteiger partial charge in [0.05, 0.1) is 0 Å². The predicted octanol–water partition coefficient (Wildman–Crippen LogP) is 0.876. The minimum absolute atomic E-state index is 0.146.